The minimum absolute atomic E-state index is 0.124. The number of amides is 1. The van der Waals surface area contributed by atoms with E-state index < -0.39 is 0 Å². The van der Waals surface area contributed by atoms with Gasteiger partial charge in [0.1, 0.15) is 0 Å². The van der Waals surface area contributed by atoms with Crippen molar-refractivity contribution in [3.8, 4) is 0 Å². The summed E-state index contributed by atoms with van der Waals surface area (Å²) in [5, 5.41) is 3.07. The Morgan fingerprint density at radius 2 is 2.08 bits per heavy atom. The highest BCUT2D eigenvalue weighted by Crippen LogP contribution is 2.02. The van der Waals surface area contributed by atoms with Crippen LogP contribution in [0.5, 0.6) is 0 Å². The van der Waals surface area contributed by atoms with Crippen LogP contribution in [0.4, 0.5) is 0 Å². The Labute approximate surface area is 74.7 Å². The first kappa shape index (κ1) is 11.4. The Balaban J connectivity index is 3.56. The first-order valence-corrected chi connectivity index (χ1v) is 4.75. The lowest BCUT2D eigenvalue weighted by Gasteiger charge is -2.13. The lowest BCUT2D eigenvalue weighted by atomic mass is 10.1. The van der Waals surface area contributed by atoms with Gasteiger partial charge < -0.3 is 11.1 Å². The van der Waals surface area contributed by atoms with E-state index in [2.05, 4.69) is 12.2 Å². The molecule has 0 rings (SSSR count). The van der Waals surface area contributed by atoms with E-state index in [1.165, 1.54) is 12.8 Å². The third-order valence-electron chi connectivity index (χ3n) is 1.89. The molecule has 1 amide bonds. The van der Waals surface area contributed by atoms with E-state index in [-0.39, 0.29) is 11.9 Å². The minimum Gasteiger partial charge on any atom is -0.368 e. The van der Waals surface area contributed by atoms with Gasteiger partial charge in [-0.1, -0.05) is 33.1 Å². The number of primary amides is 1. The molecule has 0 aliphatic rings. The predicted octanol–water partition coefficient (Wildman–Crippen LogP) is 1.03. The van der Waals surface area contributed by atoms with Crippen molar-refractivity contribution in [1.29, 1.82) is 0 Å². The van der Waals surface area contributed by atoms with Gasteiger partial charge in [0.2, 0.25) is 5.91 Å². The molecule has 1 atom stereocenters. The molecule has 12 heavy (non-hydrogen) atoms. The summed E-state index contributed by atoms with van der Waals surface area (Å²) in [7, 11) is 0. The molecular weight excluding hydrogens is 152 g/mol. The molecule has 3 heteroatoms. The molecule has 0 aliphatic heterocycles. The van der Waals surface area contributed by atoms with E-state index in [1.807, 2.05) is 6.92 Å². The monoisotopic (exact) mass is 172 g/mol. The maximum absolute atomic E-state index is 10.8. The number of hydrogen-bond acceptors (Lipinski definition) is 2. The number of nitrogens with one attached hydrogen (secondary N) is 1. The molecule has 0 aromatic rings. The van der Waals surface area contributed by atoms with Gasteiger partial charge in [0.15, 0.2) is 0 Å². The minimum atomic E-state index is -0.229. The first-order chi connectivity index (χ1) is 5.72. The van der Waals surface area contributed by atoms with Gasteiger partial charge in [-0.2, -0.15) is 0 Å². The van der Waals surface area contributed by atoms with Crippen LogP contribution in [0.1, 0.15) is 39.5 Å². The largest absolute Gasteiger partial charge is 0.368 e. The SMILES string of the molecule is CCCCCC(NCC)C(N)=O. The molecule has 0 aromatic heterocycles. The summed E-state index contributed by atoms with van der Waals surface area (Å²) in [6.07, 6.45) is 4.31. The normalized spacial score (nSPS) is 12.8. The maximum atomic E-state index is 10.8. The van der Waals surface area contributed by atoms with Crippen LogP contribution in [0.2, 0.25) is 0 Å². The molecule has 3 N–H and O–H groups in total. The second-order valence-corrected chi connectivity index (χ2v) is 3.01. The van der Waals surface area contributed by atoms with E-state index in [9.17, 15) is 4.79 Å². The van der Waals surface area contributed by atoms with E-state index >= 15 is 0 Å². The molecule has 1 unspecified atom stereocenters. The Morgan fingerprint density at radius 1 is 1.42 bits per heavy atom. The van der Waals surface area contributed by atoms with Gasteiger partial charge >= 0.3 is 0 Å². The molecule has 0 spiro atoms. The molecule has 0 saturated carbocycles. The van der Waals surface area contributed by atoms with Crippen LogP contribution >= 0.6 is 0 Å². The molecule has 0 aromatic carbocycles. The van der Waals surface area contributed by atoms with Gasteiger partial charge in [0, 0.05) is 0 Å². The van der Waals surface area contributed by atoms with E-state index in [0.717, 1.165) is 19.4 Å². The summed E-state index contributed by atoms with van der Waals surface area (Å²) in [4.78, 5) is 10.8. The predicted molar refractivity (Wildman–Crippen MR) is 50.8 cm³/mol. The smallest absolute Gasteiger partial charge is 0.234 e. The van der Waals surface area contributed by atoms with Crippen LogP contribution in [0, 0.1) is 0 Å². The number of hydrogen-bond donors (Lipinski definition) is 2. The van der Waals surface area contributed by atoms with Crippen molar-refractivity contribution >= 4 is 5.91 Å². The standard InChI is InChI=1S/C9H20N2O/c1-3-5-6-7-8(9(10)12)11-4-2/h8,11H,3-7H2,1-2H3,(H2,10,12). The third kappa shape index (κ3) is 5.13. The fourth-order valence-corrected chi connectivity index (χ4v) is 1.19. The molecule has 72 valence electrons. The molecule has 0 radical (unpaired) electrons. The molecule has 0 aliphatic carbocycles. The van der Waals surface area contributed by atoms with Crippen LogP contribution in [0.15, 0.2) is 0 Å². The summed E-state index contributed by atoms with van der Waals surface area (Å²) in [5.74, 6) is -0.229. The van der Waals surface area contributed by atoms with Gasteiger partial charge in [0.05, 0.1) is 6.04 Å². The summed E-state index contributed by atoms with van der Waals surface area (Å²) in [6.45, 7) is 4.93. The Morgan fingerprint density at radius 3 is 2.50 bits per heavy atom. The van der Waals surface area contributed by atoms with Gasteiger partial charge in [0.25, 0.3) is 0 Å². The van der Waals surface area contributed by atoms with Crippen molar-refractivity contribution in [3.63, 3.8) is 0 Å². The number of rotatable bonds is 7. The summed E-state index contributed by atoms with van der Waals surface area (Å²) >= 11 is 0. The highest BCUT2D eigenvalue weighted by Gasteiger charge is 2.11. The molecule has 0 bridgehead atoms. The Bertz CT molecular complexity index is 126. The van der Waals surface area contributed by atoms with Gasteiger partial charge in [-0.25, -0.2) is 0 Å². The van der Waals surface area contributed by atoms with Crippen LogP contribution in [-0.2, 0) is 4.79 Å². The molecule has 0 saturated heterocycles. The summed E-state index contributed by atoms with van der Waals surface area (Å²) in [5.41, 5.74) is 5.20. The number of unbranched alkanes of at least 4 members (excludes halogenated alkanes) is 2. The van der Waals surface area contributed by atoms with Crippen LogP contribution < -0.4 is 11.1 Å². The molecular formula is C9H20N2O. The van der Waals surface area contributed by atoms with Crippen molar-refractivity contribution in [1.82, 2.24) is 5.32 Å². The van der Waals surface area contributed by atoms with Crippen LogP contribution in [0.3, 0.4) is 0 Å². The van der Waals surface area contributed by atoms with Crippen LogP contribution in [-0.4, -0.2) is 18.5 Å². The first-order valence-electron chi connectivity index (χ1n) is 4.75. The number of nitrogens with two attached hydrogens (primary N) is 1. The lowest BCUT2D eigenvalue weighted by Crippen LogP contribution is -2.41. The van der Waals surface area contributed by atoms with E-state index in [4.69, 9.17) is 5.73 Å². The number of carbonyl (C=O) groups excluding carboxylic acids is 1. The lowest BCUT2D eigenvalue weighted by molar-refractivity contribution is -0.120. The summed E-state index contributed by atoms with van der Waals surface area (Å²) in [6, 6.07) is -0.124. The van der Waals surface area contributed by atoms with E-state index in [0.29, 0.717) is 0 Å². The zero-order valence-corrected chi connectivity index (χ0v) is 8.10. The Hall–Kier alpha value is -0.570. The van der Waals surface area contributed by atoms with Crippen molar-refractivity contribution in [2.45, 2.75) is 45.6 Å². The quantitative estimate of drug-likeness (QED) is 0.563. The molecule has 0 heterocycles. The number of carbonyl (C=O) groups is 1. The van der Waals surface area contributed by atoms with Crippen molar-refractivity contribution in [2.75, 3.05) is 6.54 Å². The number of likely N-dealkylation sites (N-methyl/N-ethyl adjacent to an activating group) is 1. The highest BCUT2D eigenvalue weighted by atomic mass is 16.1. The average Bonchev–Trinajstić information content (AvgIpc) is 2.03. The average molecular weight is 172 g/mol. The van der Waals surface area contributed by atoms with E-state index in [1.54, 1.807) is 0 Å². The fourth-order valence-electron chi connectivity index (χ4n) is 1.19. The Kier molecular flexibility index (Phi) is 6.76. The van der Waals surface area contributed by atoms with Gasteiger partial charge in [-0.3, -0.25) is 4.79 Å². The molecule has 0 fully saturated rings. The fraction of sp³-hybridized carbons (Fsp3) is 0.889. The highest BCUT2D eigenvalue weighted by molar-refractivity contribution is 5.79. The van der Waals surface area contributed by atoms with Crippen molar-refractivity contribution < 1.29 is 4.79 Å². The summed E-state index contributed by atoms with van der Waals surface area (Å²) < 4.78 is 0. The van der Waals surface area contributed by atoms with Crippen molar-refractivity contribution in [2.24, 2.45) is 5.73 Å². The van der Waals surface area contributed by atoms with Gasteiger partial charge in [-0.05, 0) is 13.0 Å². The second kappa shape index (κ2) is 7.10. The zero-order valence-electron chi connectivity index (χ0n) is 8.10. The van der Waals surface area contributed by atoms with Crippen LogP contribution in [0.25, 0.3) is 0 Å². The topological polar surface area (TPSA) is 55.1 Å². The molecule has 3 nitrogen and oxygen atoms in total. The third-order valence-corrected chi connectivity index (χ3v) is 1.89. The second-order valence-electron chi connectivity index (χ2n) is 3.01. The maximum Gasteiger partial charge on any atom is 0.234 e. The van der Waals surface area contributed by atoms with Crippen molar-refractivity contribution in [3.05, 3.63) is 0 Å². The van der Waals surface area contributed by atoms with Gasteiger partial charge in [-0.15, -0.1) is 0 Å². The zero-order chi connectivity index (χ0) is 9.40.